The van der Waals surface area contributed by atoms with Crippen LogP contribution in [0.25, 0.3) is 0 Å². The van der Waals surface area contributed by atoms with E-state index in [1.165, 1.54) is 0 Å². The minimum atomic E-state index is -3.56. The van der Waals surface area contributed by atoms with Gasteiger partial charge in [-0.2, -0.15) is 4.98 Å². The lowest BCUT2D eigenvalue weighted by Gasteiger charge is -2.32. The molecule has 0 spiro atoms. The maximum absolute atomic E-state index is 11.2. The molecule has 1 fully saturated rings. The number of sulfonamides is 1. The summed E-state index contributed by atoms with van der Waals surface area (Å²) in [4.78, 5) is 13.4. The van der Waals surface area contributed by atoms with Crippen molar-refractivity contribution in [1.82, 2.24) is 14.9 Å². The van der Waals surface area contributed by atoms with Gasteiger partial charge in [0, 0.05) is 38.8 Å². The standard InChI is InChI=1S/C17H24N6O3S/c1-22-6-8-23(9-7-22)17-20-14(11-18)10-16(21-17)26-15-4-2-13(3-5-15)12-27(19,24)25/h2-5,10H,6-9,11-12,18H2,1H3,(H2,19,24,25). The third kappa shape index (κ3) is 5.60. The molecule has 0 radical (unpaired) electrons. The number of hydrogen-bond acceptors (Lipinski definition) is 8. The van der Waals surface area contributed by atoms with Crippen LogP contribution in [0.4, 0.5) is 5.95 Å². The Balaban J connectivity index is 1.77. The summed E-state index contributed by atoms with van der Waals surface area (Å²) in [5.74, 6) is 1.33. The molecule has 1 saturated heterocycles. The van der Waals surface area contributed by atoms with Crippen molar-refractivity contribution in [2.45, 2.75) is 12.3 Å². The Bertz CT molecular complexity index is 880. The molecule has 0 aliphatic carbocycles. The molecule has 1 aliphatic heterocycles. The number of aromatic nitrogens is 2. The second kappa shape index (κ2) is 8.17. The van der Waals surface area contributed by atoms with Crippen molar-refractivity contribution in [3.63, 3.8) is 0 Å². The molecule has 10 heteroatoms. The quantitative estimate of drug-likeness (QED) is 0.717. The normalized spacial score (nSPS) is 15.7. The van der Waals surface area contributed by atoms with Crippen molar-refractivity contribution in [3.05, 3.63) is 41.6 Å². The zero-order valence-corrected chi connectivity index (χ0v) is 16.0. The molecule has 1 aromatic carbocycles. The lowest BCUT2D eigenvalue weighted by atomic mass is 10.2. The van der Waals surface area contributed by atoms with Crippen molar-refractivity contribution < 1.29 is 13.2 Å². The number of nitrogens with zero attached hydrogens (tertiary/aromatic N) is 4. The first-order valence-electron chi connectivity index (χ1n) is 8.61. The number of rotatable bonds is 6. The van der Waals surface area contributed by atoms with E-state index < -0.39 is 10.0 Å². The van der Waals surface area contributed by atoms with Gasteiger partial charge in [0.05, 0.1) is 11.4 Å². The van der Waals surface area contributed by atoms with Crippen LogP contribution in [0.15, 0.2) is 30.3 Å². The molecule has 0 atom stereocenters. The van der Waals surface area contributed by atoms with Crippen LogP contribution in [0.5, 0.6) is 11.6 Å². The van der Waals surface area contributed by atoms with E-state index in [-0.39, 0.29) is 12.3 Å². The Hall–Kier alpha value is -2.27. The van der Waals surface area contributed by atoms with Crippen LogP contribution in [-0.4, -0.2) is 56.5 Å². The van der Waals surface area contributed by atoms with Gasteiger partial charge < -0.3 is 20.3 Å². The predicted molar refractivity (Wildman–Crippen MR) is 103 cm³/mol. The summed E-state index contributed by atoms with van der Waals surface area (Å²) >= 11 is 0. The fourth-order valence-corrected chi connectivity index (χ4v) is 3.43. The summed E-state index contributed by atoms with van der Waals surface area (Å²) < 4.78 is 28.2. The van der Waals surface area contributed by atoms with Gasteiger partial charge in [-0.3, -0.25) is 0 Å². The monoisotopic (exact) mass is 392 g/mol. The number of likely N-dealkylation sites (N-methyl/N-ethyl adjacent to an activating group) is 1. The van der Waals surface area contributed by atoms with Crippen LogP contribution in [0.3, 0.4) is 0 Å². The number of benzene rings is 1. The number of primary sulfonamides is 1. The second-order valence-electron chi connectivity index (χ2n) is 6.55. The van der Waals surface area contributed by atoms with Gasteiger partial charge in [-0.15, -0.1) is 0 Å². The molecular weight excluding hydrogens is 368 g/mol. The average molecular weight is 392 g/mol. The van der Waals surface area contributed by atoms with Crippen molar-refractivity contribution >= 4 is 16.0 Å². The third-order valence-corrected chi connectivity index (χ3v) is 4.99. The summed E-state index contributed by atoms with van der Waals surface area (Å²) in [6.45, 7) is 3.85. The van der Waals surface area contributed by atoms with Gasteiger partial charge in [0.2, 0.25) is 21.9 Å². The summed E-state index contributed by atoms with van der Waals surface area (Å²) in [6.07, 6.45) is 0. The Kier molecular flexibility index (Phi) is 5.90. The zero-order valence-electron chi connectivity index (χ0n) is 15.2. The average Bonchev–Trinajstić information content (AvgIpc) is 2.62. The maximum atomic E-state index is 11.2. The summed E-state index contributed by atoms with van der Waals surface area (Å²) in [6, 6.07) is 8.39. The number of anilines is 1. The highest BCUT2D eigenvalue weighted by atomic mass is 32.2. The van der Waals surface area contributed by atoms with Crippen LogP contribution in [0, 0.1) is 0 Å². The van der Waals surface area contributed by atoms with Crippen LogP contribution in [0.1, 0.15) is 11.3 Å². The van der Waals surface area contributed by atoms with Crippen molar-refractivity contribution in [1.29, 1.82) is 0 Å². The lowest BCUT2D eigenvalue weighted by Crippen LogP contribution is -2.45. The van der Waals surface area contributed by atoms with E-state index in [1.54, 1.807) is 30.3 Å². The molecule has 146 valence electrons. The Morgan fingerprint density at radius 2 is 1.78 bits per heavy atom. The van der Waals surface area contributed by atoms with Gasteiger partial charge in [0.25, 0.3) is 0 Å². The van der Waals surface area contributed by atoms with Crippen molar-refractivity contribution in [2.75, 3.05) is 38.1 Å². The predicted octanol–water partition coefficient (Wildman–Crippen LogP) is 0.268. The summed E-state index contributed by atoms with van der Waals surface area (Å²) in [7, 11) is -1.48. The third-order valence-electron chi connectivity index (χ3n) is 4.25. The molecule has 27 heavy (non-hydrogen) atoms. The topological polar surface area (TPSA) is 128 Å². The summed E-state index contributed by atoms with van der Waals surface area (Å²) in [5.41, 5.74) is 7.06. The van der Waals surface area contributed by atoms with Gasteiger partial charge in [0.15, 0.2) is 0 Å². The molecule has 2 heterocycles. The van der Waals surface area contributed by atoms with E-state index in [1.807, 2.05) is 0 Å². The van der Waals surface area contributed by atoms with Gasteiger partial charge in [-0.25, -0.2) is 18.5 Å². The van der Waals surface area contributed by atoms with E-state index in [0.29, 0.717) is 28.8 Å². The first-order valence-corrected chi connectivity index (χ1v) is 10.3. The lowest BCUT2D eigenvalue weighted by molar-refractivity contribution is 0.310. The second-order valence-corrected chi connectivity index (χ2v) is 8.16. The smallest absolute Gasteiger partial charge is 0.229 e. The SMILES string of the molecule is CN1CCN(c2nc(CN)cc(Oc3ccc(CS(N)(=O)=O)cc3)n2)CC1. The van der Waals surface area contributed by atoms with E-state index in [4.69, 9.17) is 15.6 Å². The molecule has 0 bridgehead atoms. The maximum Gasteiger partial charge on any atom is 0.229 e. The molecule has 1 aliphatic rings. The molecule has 4 N–H and O–H groups in total. The highest BCUT2D eigenvalue weighted by Crippen LogP contribution is 2.23. The molecule has 0 unspecified atom stereocenters. The minimum absolute atomic E-state index is 0.217. The van der Waals surface area contributed by atoms with E-state index in [2.05, 4.69) is 26.8 Å². The molecule has 0 saturated carbocycles. The van der Waals surface area contributed by atoms with Gasteiger partial charge in [-0.05, 0) is 24.7 Å². The minimum Gasteiger partial charge on any atom is -0.439 e. The molecule has 9 nitrogen and oxygen atoms in total. The Morgan fingerprint density at radius 3 is 2.37 bits per heavy atom. The van der Waals surface area contributed by atoms with Gasteiger partial charge >= 0.3 is 0 Å². The fourth-order valence-electron chi connectivity index (χ4n) is 2.77. The van der Waals surface area contributed by atoms with Crippen LogP contribution >= 0.6 is 0 Å². The largest absolute Gasteiger partial charge is 0.439 e. The van der Waals surface area contributed by atoms with E-state index >= 15 is 0 Å². The van der Waals surface area contributed by atoms with Gasteiger partial charge in [-0.1, -0.05) is 12.1 Å². The molecular formula is C17H24N6O3S. The molecule has 2 aromatic rings. The summed E-state index contributed by atoms with van der Waals surface area (Å²) in [5, 5.41) is 5.06. The van der Waals surface area contributed by atoms with Gasteiger partial charge in [0.1, 0.15) is 5.75 Å². The first kappa shape index (κ1) is 19.5. The fraction of sp³-hybridized carbons (Fsp3) is 0.412. The molecule has 3 rings (SSSR count). The van der Waals surface area contributed by atoms with E-state index in [0.717, 1.165) is 26.2 Å². The molecule has 0 amide bonds. The number of piperazine rings is 1. The first-order chi connectivity index (χ1) is 12.8. The number of hydrogen-bond donors (Lipinski definition) is 2. The van der Waals surface area contributed by atoms with Crippen LogP contribution in [-0.2, 0) is 22.3 Å². The van der Waals surface area contributed by atoms with Crippen molar-refractivity contribution in [3.8, 4) is 11.6 Å². The molecule has 1 aromatic heterocycles. The van der Waals surface area contributed by atoms with Crippen molar-refractivity contribution in [2.24, 2.45) is 10.9 Å². The number of nitrogens with two attached hydrogens (primary N) is 2. The Labute approximate surface area is 159 Å². The van der Waals surface area contributed by atoms with E-state index in [9.17, 15) is 8.42 Å². The van der Waals surface area contributed by atoms with Crippen LogP contribution in [0.2, 0.25) is 0 Å². The highest BCUT2D eigenvalue weighted by Gasteiger charge is 2.18. The number of ether oxygens (including phenoxy) is 1. The zero-order chi connectivity index (χ0) is 19.4. The highest BCUT2D eigenvalue weighted by molar-refractivity contribution is 7.88. The Morgan fingerprint density at radius 1 is 1.11 bits per heavy atom. The van der Waals surface area contributed by atoms with Crippen LogP contribution < -0.4 is 20.5 Å².